The quantitative estimate of drug-likeness (QED) is 0.423. The van der Waals surface area contributed by atoms with Crippen molar-refractivity contribution in [2.75, 3.05) is 0 Å². The molecule has 1 fully saturated rings. The molecular weight excluding hydrogens is 410 g/mol. The smallest absolute Gasteiger partial charge is 0.303 e. The number of thiophene rings is 1. The molecule has 1 aromatic heterocycles. The van der Waals surface area contributed by atoms with Crippen molar-refractivity contribution in [2.45, 2.75) is 69.8 Å². The van der Waals surface area contributed by atoms with Crippen molar-refractivity contribution in [1.82, 2.24) is 0 Å². The number of carbonyl (C=O) groups is 2. The Kier molecular flexibility index (Phi) is 7.58. The first-order chi connectivity index (χ1) is 14.3. The van der Waals surface area contributed by atoms with E-state index in [9.17, 15) is 23.5 Å². The zero-order valence-corrected chi connectivity index (χ0v) is 17.7. The van der Waals surface area contributed by atoms with E-state index in [1.54, 1.807) is 0 Å². The molecule has 3 unspecified atom stereocenters. The number of aliphatic carboxylic acids is 1. The first-order valence-electron chi connectivity index (χ1n) is 10.6. The topological polar surface area (TPSA) is 74.6 Å². The molecule has 1 saturated carbocycles. The lowest BCUT2D eigenvalue weighted by molar-refractivity contribution is -0.137. The number of unbranched alkanes of at least 4 members (excludes halogenated alkanes) is 3. The second-order valence-electron chi connectivity index (χ2n) is 8.24. The average molecular weight is 439 g/mol. The van der Waals surface area contributed by atoms with Gasteiger partial charge in [0, 0.05) is 27.8 Å². The number of carboxylic acids is 1. The zero-order valence-electron chi connectivity index (χ0n) is 16.9. The minimum absolute atomic E-state index is 0.0936. The molecule has 2 N–H and O–H groups in total. The number of carboxylic acid groups (broad SMARTS) is 1. The Bertz CT molecular complexity index is 846. The van der Waals surface area contributed by atoms with Crippen LogP contribution in [0.15, 0.2) is 30.3 Å². The normalized spacial score (nSPS) is 21.9. The molecule has 2 aromatic rings. The number of halogens is 2. The van der Waals surface area contributed by atoms with Gasteiger partial charge < -0.3 is 10.2 Å². The molecule has 3 atom stereocenters. The SMILES string of the molecule is O=C(O)CCCCCCC1C(CCC(O)c2cc3ccccc3s2)C(=O)CC1(F)F. The van der Waals surface area contributed by atoms with Crippen LogP contribution < -0.4 is 0 Å². The number of aliphatic hydroxyl groups excluding tert-OH is 1. The number of hydrogen-bond donors (Lipinski definition) is 2. The third-order valence-corrected chi connectivity index (χ3v) is 7.25. The van der Waals surface area contributed by atoms with Crippen LogP contribution in [0.2, 0.25) is 0 Å². The highest BCUT2D eigenvalue weighted by molar-refractivity contribution is 7.19. The maximum atomic E-state index is 14.4. The van der Waals surface area contributed by atoms with Gasteiger partial charge in [-0.3, -0.25) is 9.59 Å². The summed E-state index contributed by atoms with van der Waals surface area (Å²) in [5, 5.41) is 20.3. The number of benzene rings is 1. The molecule has 164 valence electrons. The summed E-state index contributed by atoms with van der Waals surface area (Å²) in [6.07, 6.45) is 1.90. The van der Waals surface area contributed by atoms with Gasteiger partial charge in [-0.05, 0) is 43.2 Å². The number of ketones is 1. The lowest BCUT2D eigenvalue weighted by Crippen LogP contribution is -2.26. The Morgan fingerprint density at radius 1 is 1.17 bits per heavy atom. The number of fused-ring (bicyclic) bond motifs is 1. The van der Waals surface area contributed by atoms with Gasteiger partial charge in [0.2, 0.25) is 0 Å². The number of Topliss-reactive ketones (excluding diaryl/α,β-unsaturated/α-hetero) is 1. The summed E-state index contributed by atoms with van der Waals surface area (Å²) in [5.41, 5.74) is 0. The number of aliphatic hydroxyl groups is 1. The summed E-state index contributed by atoms with van der Waals surface area (Å²) in [6, 6.07) is 9.72. The van der Waals surface area contributed by atoms with Gasteiger partial charge in [-0.1, -0.05) is 37.5 Å². The van der Waals surface area contributed by atoms with Crippen molar-refractivity contribution >= 4 is 33.2 Å². The minimum atomic E-state index is -2.99. The second kappa shape index (κ2) is 9.96. The fraction of sp³-hybridized carbons (Fsp3) is 0.565. The molecule has 1 aliphatic rings. The summed E-state index contributed by atoms with van der Waals surface area (Å²) in [5.74, 6) is -5.95. The van der Waals surface area contributed by atoms with Crippen LogP contribution in [0.4, 0.5) is 8.78 Å². The van der Waals surface area contributed by atoms with Crippen LogP contribution in [0.3, 0.4) is 0 Å². The average Bonchev–Trinajstić information content (AvgIpc) is 3.20. The fourth-order valence-electron chi connectivity index (χ4n) is 4.43. The van der Waals surface area contributed by atoms with E-state index < -0.39 is 42.0 Å². The van der Waals surface area contributed by atoms with Gasteiger partial charge >= 0.3 is 5.97 Å². The summed E-state index contributed by atoms with van der Waals surface area (Å²) >= 11 is 1.49. The number of rotatable bonds is 11. The lowest BCUT2D eigenvalue weighted by atomic mass is 9.85. The highest BCUT2D eigenvalue weighted by atomic mass is 32.1. The molecule has 0 amide bonds. The zero-order chi connectivity index (χ0) is 21.7. The molecule has 1 aliphatic carbocycles. The minimum Gasteiger partial charge on any atom is -0.481 e. The lowest BCUT2D eigenvalue weighted by Gasteiger charge is -2.24. The molecule has 3 rings (SSSR count). The standard InChI is InChI=1S/C23H28F2O4S/c24-23(25)14-19(27)16(17(23)8-3-1-2-4-10-22(28)29)11-12-18(26)21-13-15-7-5-6-9-20(15)30-21/h5-7,9,13,16-18,26H,1-4,8,10-12,14H2,(H,28,29). The van der Waals surface area contributed by atoms with Gasteiger partial charge in [-0.15, -0.1) is 11.3 Å². The van der Waals surface area contributed by atoms with E-state index in [0.29, 0.717) is 25.7 Å². The molecule has 0 bridgehead atoms. The van der Waals surface area contributed by atoms with Gasteiger partial charge in [0.15, 0.2) is 0 Å². The van der Waals surface area contributed by atoms with Crippen LogP contribution in [0.5, 0.6) is 0 Å². The van der Waals surface area contributed by atoms with Gasteiger partial charge in [0.25, 0.3) is 5.92 Å². The maximum Gasteiger partial charge on any atom is 0.303 e. The van der Waals surface area contributed by atoms with E-state index in [1.807, 2.05) is 30.3 Å². The highest BCUT2D eigenvalue weighted by Gasteiger charge is 2.53. The van der Waals surface area contributed by atoms with E-state index in [1.165, 1.54) is 11.3 Å². The molecule has 0 aliphatic heterocycles. The van der Waals surface area contributed by atoms with Gasteiger partial charge in [-0.25, -0.2) is 8.78 Å². The van der Waals surface area contributed by atoms with Crippen LogP contribution in [0.25, 0.3) is 10.1 Å². The summed E-state index contributed by atoms with van der Waals surface area (Å²) in [7, 11) is 0. The summed E-state index contributed by atoms with van der Waals surface area (Å²) < 4.78 is 29.9. The maximum absolute atomic E-state index is 14.4. The van der Waals surface area contributed by atoms with Gasteiger partial charge in [-0.2, -0.15) is 0 Å². The van der Waals surface area contributed by atoms with Crippen LogP contribution in [-0.2, 0) is 9.59 Å². The molecule has 1 heterocycles. The molecule has 0 spiro atoms. The molecule has 1 aromatic carbocycles. The van der Waals surface area contributed by atoms with Crippen molar-refractivity contribution < 1.29 is 28.6 Å². The summed E-state index contributed by atoms with van der Waals surface area (Å²) in [6.45, 7) is 0. The Morgan fingerprint density at radius 3 is 2.63 bits per heavy atom. The van der Waals surface area contributed by atoms with Crippen molar-refractivity contribution in [3.63, 3.8) is 0 Å². The highest BCUT2D eigenvalue weighted by Crippen LogP contribution is 2.47. The van der Waals surface area contributed by atoms with E-state index in [2.05, 4.69) is 0 Å². The van der Waals surface area contributed by atoms with Crippen LogP contribution >= 0.6 is 11.3 Å². The predicted molar refractivity (Wildman–Crippen MR) is 113 cm³/mol. The van der Waals surface area contributed by atoms with Crippen LogP contribution in [-0.4, -0.2) is 27.9 Å². The van der Waals surface area contributed by atoms with Gasteiger partial charge in [0.1, 0.15) is 5.78 Å². The van der Waals surface area contributed by atoms with Crippen LogP contribution in [0.1, 0.15) is 68.8 Å². The van der Waals surface area contributed by atoms with E-state index in [0.717, 1.165) is 15.0 Å². The Balaban J connectivity index is 1.54. The third kappa shape index (κ3) is 5.64. The fourth-order valence-corrected chi connectivity index (χ4v) is 5.51. The van der Waals surface area contributed by atoms with Crippen molar-refractivity contribution in [2.24, 2.45) is 11.8 Å². The van der Waals surface area contributed by atoms with Crippen molar-refractivity contribution in [3.05, 3.63) is 35.2 Å². The van der Waals surface area contributed by atoms with Gasteiger partial charge in [0.05, 0.1) is 12.5 Å². The monoisotopic (exact) mass is 438 g/mol. The van der Waals surface area contributed by atoms with Crippen molar-refractivity contribution in [3.8, 4) is 0 Å². The van der Waals surface area contributed by atoms with E-state index in [-0.39, 0.29) is 25.7 Å². The number of carbonyl (C=O) groups excluding carboxylic acids is 1. The predicted octanol–water partition coefficient (Wildman–Crippen LogP) is 5.98. The molecule has 30 heavy (non-hydrogen) atoms. The Hall–Kier alpha value is -1.86. The van der Waals surface area contributed by atoms with Crippen LogP contribution in [0, 0.1) is 11.8 Å². The molecule has 4 nitrogen and oxygen atoms in total. The third-order valence-electron chi connectivity index (χ3n) is 6.03. The van der Waals surface area contributed by atoms with E-state index >= 15 is 0 Å². The first kappa shape index (κ1) is 22.8. The van der Waals surface area contributed by atoms with Crippen molar-refractivity contribution in [1.29, 1.82) is 0 Å². The molecular formula is C23H28F2O4S. The number of hydrogen-bond acceptors (Lipinski definition) is 4. The second-order valence-corrected chi connectivity index (χ2v) is 9.36. The first-order valence-corrected chi connectivity index (χ1v) is 11.4. The summed E-state index contributed by atoms with van der Waals surface area (Å²) in [4.78, 5) is 23.6. The molecule has 0 radical (unpaired) electrons. The Labute approximate surface area is 178 Å². The largest absolute Gasteiger partial charge is 0.481 e. The molecule has 7 heteroatoms. The molecule has 0 saturated heterocycles. The van der Waals surface area contributed by atoms with E-state index in [4.69, 9.17) is 5.11 Å². The number of alkyl halides is 2. The Morgan fingerprint density at radius 2 is 1.90 bits per heavy atom.